The molecule has 0 spiro atoms. The molecule has 0 saturated carbocycles. The van der Waals surface area contributed by atoms with Gasteiger partial charge in [-0.3, -0.25) is 19.3 Å². The molecule has 0 aromatic heterocycles. The van der Waals surface area contributed by atoms with Crippen molar-refractivity contribution in [3.05, 3.63) is 71.0 Å². The van der Waals surface area contributed by atoms with E-state index < -0.39 is 0 Å². The van der Waals surface area contributed by atoms with Crippen LogP contribution in [0, 0.1) is 12.7 Å². The van der Waals surface area contributed by atoms with Crippen LogP contribution in [0.3, 0.4) is 0 Å². The van der Waals surface area contributed by atoms with Gasteiger partial charge in [0.05, 0.1) is 24.5 Å². The number of halogens is 1. The van der Waals surface area contributed by atoms with Crippen LogP contribution in [0.25, 0.3) is 0 Å². The van der Waals surface area contributed by atoms with Crippen molar-refractivity contribution in [3.8, 4) is 0 Å². The Kier molecular flexibility index (Phi) is 9.69. The number of amides is 3. The Morgan fingerprint density at radius 2 is 1.67 bits per heavy atom. The zero-order valence-electron chi connectivity index (χ0n) is 23.1. The predicted molar refractivity (Wildman–Crippen MR) is 148 cm³/mol. The molecule has 0 bridgehead atoms. The van der Waals surface area contributed by atoms with Crippen molar-refractivity contribution in [1.82, 2.24) is 25.8 Å². The van der Waals surface area contributed by atoms with Crippen molar-refractivity contribution in [2.45, 2.75) is 70.2 Å². The lowest BCUT2D eigenvalue weighted by Crippen LogP contribution is -2.59. The molecule has 2 fully saturated rings. The lowest BCUT2D eigenvalue weighted by molar-refractivity contribution is -0.134. The summed E-state index contributed by atoms with van der Waals surface area (Å²) in [6, 6.07) is 13.2. The van der Waals surface area contributed by atoms with Gasteiger partial charge < -0.3 is 20.9 Å². The number of nitrogens with zero attached hydrogens (tertiary/aromatic N) is 2. The maximum Gasteiger partial charge on any atom is 0.237 e. The normalized spacial score (nSPS) is 22.4. The third-order valence-corrected chi connectivity index (χ3v) is 7.93. The molecule has 2 aliphatic heterocycles. The van der Waals surface area contributed by atoms with Crippen LogP contribution in [-0.4, -0.2) is 78.4 Å². The fourth-order valence-corrected chi connectivity index (χ4v) is 5.46. The molecule has 2 saturated heterocycles. The first-order valence-corrected chi connectivity index (χ1v) is 13.8. The zero-order chi connectivity index (χ0) is 27.9. The van der Waals surface area contributed by atoms with E-state index in [1.165, 1.54) is 17.7 Å². The van der Waals surface area contributed by atoms with Gasteiger partial charge in [0.1, 0.15) is 5.82 Å². The first-order valence-electron chi connectivity index (χ1n) is 13.8. The molecule has 2 aromatic carbocycles. The Morgan fingerprint density at radius 3 is 2.36 bits per heavy atom. The van der Waals surface area contributed by atoms with Crippen LogP contribution in [-0.2, 0) is 27.3 Å². The van der Waals surface area contributed by atoms with Crippen molar-refractivity contribution in [1.29, 1.82) is 0 Å². The number of carbonyl (C=O) groups excluding carboxylic acids is 3. The Bertz CT molecular complexity index is 1140. The summed E-state index contributed by atoms with van der Waals surface area (Å²) >= 11 is 0. The summed E-state index contributed by atoms with van der Waals surface area (Å²) in [5.74, 6) is -0.541. The Morgan fingerprint density at radius 1 is 0.974 bits per heavy atom. The average Bonchev–Trinajstić information content (AvgIpc) is 3.31. The summed E-state index contributed by atoms with van der Waals surface area (Å²) in [5.41, 5.74) is 2.98. The van der Waals surface area contributed by atoms with E-state index in [-0.39, 0.29) is 54.1 Å². The second kappa shape index (κ2) is 13.2. The van der Waals surface area contributed by atoms with Crippen LogP contribution in [0.2, 0.25) is 0 Å². The highest BCUT2D eigenvalue weighted by Gasteiger charge is 2.41. The number of nitrogens with one attached hydrogen (secondary N) is 3. The van der Waals surface area contributed by atoms with Crippen LogP contribution >= 0.6 is 0 Å². The van der Waals surface area contributed by atoms with Gasteiger partial charge in [-0.05, 0) is 63.4 Å². The quantitative estimate of drug-likeness (QED) is 0.480. The maximum absolute atomic E-state index is 13.3. The average molecular weight is 538 g/mol. The van der Waals surface area contributed by atoms with Gasteiger partial charge in [0.15, 0.2) is 0 Å². The molecule has 39 heavy (non-hydrogen) atoms. The molecule has 210 valence electrons. The van der Waals surface area contributed by atoms with Gasteiger partial charge in [-0.2, -0.15) is 0 Å². The minimum absolute atomic E-state index is 0.00318. The van der Waals surface area contributed by atoms with Gasteiger partial charge in [0, 0.05) is 32.2 Å². The fourth-order valence-electron chi connectivity index (χ4n) is 5.46. The summed E-state index contributed by atoms with van der Waals surface area (Å²) in [6.07, 6.45) is 2.52. The van der Waals surface area contributed by atoms with Gasteiger partial charge in [0.25, 0.3) is 0 Å². The number of fused-ring (bicyclic) bond motifs is 1. The van der Waals surface area contributed by atoms with E-state index in [2.05, 4.69) is 20.9 Å². The van der Waals surface area contributed by atoms with Crippen molar-refractivity contribution in [2.24, 2.45) is 0 Å². The van der Waals surface area contributed by atoms with E-state index in [0.29, 0.717) is 26.2 Å². The van der Waals surface area contributed by atoms with Crippen LogP contribution in [0.5, 0.6) is 0 Å². The SMILES string of the molecule is CN[C@@H](C)C(=O)N[C@H]1CN(C(=O)Cc2ccc(F)cc2)CC[C@H]2CC[C@@H](C(=O)NCc3ccc(C)cc3)N2C1. The number of benzene rings is 2. The first-order chi connectivity index (χ1) is 18.7. The van der Waals surface area contributed by atoms with Gasteiger partial charge >= 0.3 is 0 Å². The highest BCUT2D eigenvalue weighted by Crippen LogP contribution is 2.29. The fraction of sp³-hybridized carbons (Fsp3) is 0.500. The molecule has 2 heterocycles. The Balaban J connectivity index is 1.45. The highest BCUT2D eigenvalue weighted by molar-refractivity contribution is 5.83. The standard InChI is InChI=1S/C30H40FN5O3/c1-20-4-6-23(7-5-20)17-33-30(39)27-13-12-26-14-15-35(28(37)16-22-8-10-24(31)11-9-22)18-25(19-36(26)27)34-29(38)21(2)32-3/h4-11,21,25-27,32H,12-19H2,1-3H3,(H,33,39)(H,34,38)/t21-,25-,26+,27-/m0/s1. The third kappa shape index (κ3) is 7.64. The first kappa shape index (κ1) is 28.7. The van der Waals surface area contributed by atoms with Gasteiger partial charge in [-0.15, -0.1) is 0 Å². The van der Waals surface area contributed by atoms with Crippen LogP contribution in [0.4, 0.5) is 4.39 Å². The minimum atomic E-state index is -0.387. The smallest absolute Gasteiger partial charge is 0.237 e. The minimum Gasteiger partial charge on any atom is -0.351 e. The second-order valence-corrected chi connectivity index (χ2v) is 10.8. The Hall–Kier alpha value is -3.30. The van der Waals surface area contributed by atoms with Gasteiger partial charge in [-0.25, -0.2) is 4.39 Å². The highest BCUT2D eigenvalue weighted by atomic mass is 19.1. The summed E-state index contributed by atoms with van der Waals surface area (Å²) in [5, 5.41) is 9.17. The van der Waals surface area contributed by atoms with Crippen molar-refractivity contribution < 1.29 is 18.8 Å². The molecule has 4 rings (SSSR count). The zero-order valence-corrected chi connectivity index (χ0v) is 23.1. The number of likely N-dealkylation sites (N-methyl/N-ethyl adjacent to an activating group) is 1. The molecule has 3 N–H and O–H groups in total. The number of carbonyl (C=O) groups is 3. The molecule has 2 aromatic rings. The monoisotopic (exact) mass is 537 g/mol. The number of hydrogen-bond donors (Lipinski definition) is 3. The largest absolute Gasteiger partial charge is 0.351 e. The van der Waals surface area contributed by atoms with E-state index in [0.717, 1.165) is 30.4 Å². The molecular weight excluding hydrogens is 497 g/mol. The summed E-state index contributed by atoms with van der Waals surface area (Å²) in [6.45, 7) is 5.66. The molecule has 8 nitrogen and oxygen atoms in total. The second-order valence-electron chi connectivity index (χ2n) is 10.8. The number of aryl methyl sites for hydroxylation is 1. The molecule has 0 radical (unpaired) electrons. The van der Waals surface area contributed by atoms with E-state index in [9.17, 15) is 18.8 Å². The van der Waals surface area contributed by atoms with E-state index in [4.69, 9.17) is 0 Å². The molecule has 0 aliphatic carbocycles. The topological polar surface area (TPSA) is 93.8 Å². The van der Waals surface area contributed by atoms with Crippen molar-refractivity contribution >= 4 is 17.7 Å². The van der Waals surface area contributed by atoms with E-state index >= 15 is 0 Å². The molecule has 4 atom stereocenters. The molecular formula is C30H40FN5O3. The van der Waals surface area contributed by atoms with Crippen LogP contribution in [0.1, 0.15) is 42.9 Å². The third-order valence-electron chi connectivity index (χ3n) is 7.93. The van der Waals surface area contributed by atoms with Crippen LogP contribution < -0.4 is 16.0 Å². The summed E-state index contributed by atoms with van der Waals surface area (Å²) in [7, 11) is 1.73. The van der Waals surface area contributed by atoms with Crippen molar-refractivity contribution in [2.75, 3.05) is 26.7 Å². The van der Waals surface area contributed by atoms with Gasteiger partial charge in [0.2, 0.25) is 17.7 Å². The summed E-state index contributed by atoms with van der Waals surface area (Å²) in [4.78, 5) is 43.4. The lowest BCUT2D eigenvalue weighted by atomic mass is 10.1. The Labute approximate surface area is 230 Å². The van der Waals surface area contributed by atoms with Crippen molar-refractivity contribution in [3.63, 3.8) is 0 Å². The number of hydrogen-bond acceptors (Lipinski definition) is 5. The number of rotatable bonds is 8. The van der Waals surface area contributed by atoms with E-state index in [1.54, 1.807) is 31.0 Å². The molecule has 0 unspecified atom stereocenters. The molecule has 9 heteroatoms. The van der Waals surface area contributed by atoms with Crippen LogP contribution in [0.15, 0.2) is 48.5 Å². The van der Waals surface area contributed by atoms with Gasteiger partial charge in [-0.1, -0.05) is 42.0 Å². The lowest BCUT2D eigenvalue weighted by Gasteiger charge is -2.39. The predicted octanol–water partition coefficient (Wildman–Crippen LogP) is 2.15. The molecule has 3 amide bonds. The van der Waals surface area contributed by atoms with E-state index in [1.807, 2.05) is 31.2 Å². The maximum atomic E-state index is 13.3. The molecule has 2 aliphatic rings. The summed E-state index contributed by atoms with van der Waals surface area (Å²) < 4.78 is 13.3.